The fraction of sp³-hybridized carbons (Fsp3) is 0.250. The lowest BCUT2D eigenvalue weighted by Gasteiger charge is -2.13. The normalized spacial score (nSPS) is 10.3. The number of carboxylic acids is 1. The molecule has 0 aliphatic carbocycles. The van der Waals surface area contributed by atoms with Crippen molar-refractivity contribution in [2.75, 3.05) is 7.11 Å². The zero-order chi connectivity index (χ0) is 15.6. The molecule has 5 nitrogen and oxygen atoms in total. The zero-order valence-corrected chi connectivity index (χ0v) is 12.4. The van der Waals surface area contributed by atoms with E-state index in [-0.39, 0.29) is 11.4 Å². The second-order valence-electron chi connectivity index (χ2n) is 4.82. The molecule has 0 radical (unpaired) electrons. The van der Waals surface area contributed by atoms with Gasteiger partial charge in [0, 0.05) is 5.69 Å². The lowest BCUT2D eigenvalue weighted by atomic mass is 10.1. The fourth-order valence-electron chi connectivity index (χ4n) is 2.10. The smallest absolute Gasteiger partial charge is 0.341 e. The minimum absolute atomic E-state index is 0.0585. The van der Waals surface area contributed by atoms with Crippen molar-refractivity contribution in [1.29, 1.82) is 0 Å². The number of carbonyl (C=O) groups is 1. The highest BCUT2D eigenvalue weighted by molar-refractivity contribution is 5.92. The number of aromatic carboxylic acids is 1. The van der Waals surface area contributed by atoms with Gasteiger partial charge in [-0.2, -0.15) is 0 Å². The lowest BCUT2D eigenvalue weighted by Crippen LogP contribution is -2.06. The average molecular weight is 287 g/mol. The molecule has 0 spiro atoms. The second kappa shape index (κ2) is 5.83. The molecule has 0 atom stereocenters. The van der Waals surface area contributed by atoms with Crippen LogP contribution in [0.2, 0.25) is 0 Å². The van der Waals surface area contributed by atoms with Gasteiger partial charge in [-0.05, 0) is 50.1 Å². The number of hydrogen-bond donors (Lipinski definition) is 1. The number of benzene rings is 1. The van der Waals surface area contributed by atoms with E-state index in [2.05, 4.69) is 4.98 Å². The molecule has 110 valence electrons. The Hall–Kier alpha value is -2.56. The summed E-state index contributed by atoms with van der Waals surface area (Å²) in [5, 5.41) is 9.33. The molecule has 5 heteroatoms. The van der Waals surface area contributed by atoms with Crippen molar-refractivity contribution >= 4 is 5.97 Å². The lowest BCUT2D eigenvalue weighted by molar-refractivity contribution is 0.0692. The van der Waals surface area contributed by atoms with Gasteiger partial charge < -0.3 is 14.6 Å². The van der Waals surface area contributed by atoms with Crippen LogP contribution in [0.15, 0.2) is 24.3 Å². The number of rotatable bonds is 4. The summed E-state index contributed by atoms with van der Waals surface area (Å²) in [5.41, 5.74) is 2.38. The van der Waals surface area contributed by atoms with E-state index in [0.29, 0.717) is 22.8 Å². The summed E-state index contributed by atoms with van der Waals surface area (Å²) in [6, 6.07) is 7.13. The largest absolute Gasteiger partial charge is 0.493 e. The van der Waals surface area contributed by atoms with E-state index in [1.54, 1.807) is 26.0 Å². The Balaban J connectivity index is 2.51. The molecular weight excluding hydrogens is 270 g/mol. The summed E-state index contributed by atoms with van der Waals surface area (Å²) in [4.78, 5) is 15.6. The molecular formula is C16H17NO4. The van der Waals surface area contributed by atoms with E-state index in [1.165, 1.54) is 7.11 Å². The van der Waals surface area contributed by atoms with Crippen molar-refractivity contribution in [1.82, 2.24) is 4.98 Å². The molecule has 1 aromatic carbocycles. The van der Waals surface area contributed by atoms with Crippen LogP contribution < -0.4 is 9.47 Å². The molecule has 0 bridgehead atoms. The van der Waals surface area contributed by atoms with Gasteiger partial charge in [0.2, 0.25) is 5.88 Å². The van der Waals surface area contributed by atoms with Crippen molar-refractivity contribution in [2.24, 2.45) is 0 Å². The van der Waals surface area contributed by atoms with E-state index in [1.807, 2.05) is 19.1 Å². The number of nitrogens with zero attached hydrogens (tertiary/aromatic N) is 1. The first-order valence-electron chi connectivity index (χ1n) is 6.46. The van der Waals surface area contributed by atoms with Crippen LogP contribution in [0.5, 0.6) is 17.4 Å². The van der Waals surface area contributed by atoms with Crippen molar-refractivity contribution in [3.05, 3.63) is 46.6 Å². The third kappa shape index (κ3) is 3.13. The van der Waals surface area contributed by atoms with Gasteiger partial charge in [-0.3, -0.25) is 0 Å². The molecule has 0 aliphatic rings. The summed E-state index contributed by atoms with van der Waals surface area (Å²) < 4.78 is 11.0. The maximum Gasteiger partial charge on any atom is 0.341 e. The summed E-state index contributed by atoms with van der Waals surface area (Å²) in [6.07, 6.45) is 0. The summed E-state index contributed by atoms with van der Waals surface area (Å²) in [5.74, 6) is -0.0290. The number of ether oxygens (including phenoxy) is 2. The first-order chi connectivity index (χ1) is 9.92. The minimum atomic E-state index is -1.07. The Morgan fingerprint density at radius 2 is 1.86 bits per heavy atom. The number of methoxy groups -OCH3 is 1. The Morgan fingerprint density at radius 3 is 2.48 bits per heavy atom. The van der Waals surface area contributed by atoms with Crippen LogP contribution >= 0.6 is 0 Å². The molecule has 2 rings (SSSR count). The molecule has 1 heterocycles. The molecule has 0 aliphatic heterocycles. The third-order valence-corrected chi connectivity index (χ3v) is 3.05. The van der Waals surface area contributed by atoms with Gasteiger partial charge in [0.1, 0.15) is 5.56 Å². The number of carboxylic acid groups (broad SMARTS) is 1. The maximum atomic E-state index is 11.4. The van der Waals surface area contributed by atoms with E-state index >= 15 is 0 Å². The van der Waals surface area contributed by atoms with Gasteiger partial charge in [-0.25, -0.2) is 9.78 Å². The summed E-state index contributed by atoms with van der Waals surface area (Å²) in [6.45, 7) is 5.44. The van der Waals surface area contributed by atoms with Crippen LogP contribution in [0.25, 0.3) is 0 Å². The number of hydrogen-bond acceptors (Lipinski definition) is 4. The van der Waals surface area contributed by atoms with Crippen LogP contribution in [0.1, 0.15) is 27.2 Å². The topological polar surface area (TPSA) is 68.7 Å². The molecule has 0 amide bonds. The second-order valence-corrected chi connectivity index (χ2v) is 4.82. The molecule has 0 saturated heterocycles. The van der Waals surface area contributed by atoms with Crippen molar-refractivity contribution < 1.29 is 19.4 Å². The van der Waals surface area contributed by atoms with Gasteiger partial charge in [0.25, 0.3) is 0 Å². The molecule has 0 unspecified atom stereocenters. The Kier molecular flexibility index (Phi) is 4.12. The molecule has 1 aromatic heterocycles. The van der Waals surface area contributed by atoms with Crippen LogP contribution in [-0.2, 0) is 0 Å². The van der Waals surface area contributed by atoms with Crippen molar-refractivity contribution in [2.45, 2.75) is 20.8 Å². The van der Waals surface area contributed by atoms with Crippen molar-refractivity contribution in [3.8, 4) is 17.4 Å². The van der Waals surface area contributed by atoms with Gasteiger partial charge >= 0.3 is 5.97 Å². The van der Waals surface area contributed by atoms with E-state index in [4.69, 9.17) is 9.47 Å². The van der Waals surface area contributed by atoms with Gasteiger partial charge in [0.15, 0.2) is 11.5 Å². The maximum absolute atomic E-state index is 11.4. The van der Waals surface area contributed by atoms with Gasteiger partial charge in [0.05, 0.1) is 7.11 Å². The van der Waals surface area contributed by atoms with Gasteiger partial charge in [-0.15, -0.1) is 0 Å². The zero-order valence-electron chi connectivity index (χ0n) is 12.4. The minimum Gasteiger partial charge on any atom is -0.493 e. The number of pyridine rings is 1. The Labute approximate surface area is 123 Å². The molecule has 0 saturated carbocycles. The van der Waals surface area contributed by atoms with E-state index in [9.17, 15) is 9.90 Å². The number of aromatic nitrogens is 1. The predicted molar refractivity (Wildman–Crippen MR) is 78.5 cm³/mol. The quantitative estimate of drug-likeness (QED) is 0.932. The van der Waals surface area contributed by atoms with Crippen LogP contribution in [-0.4, -0.2) is 23.2 Å². The van der Waals surface area contributed by atoms with Gasteiger partial charge in [-0.1, -0.05) is 6.07 Å². The predicted octanol–water partition coefficient (Wildman–Crippen LogP) is 3.51. The summed E-state index contributed by atoms with van der Waals surface area (Å²) >= 11 is 0. The first-order valence-corrected chi connectivity index (χ1v) is 6.46. The molecule has 1 N–H and O–H groups in total. The monoisotopic (exact) mass is 287 g/mol. The highest BCUT2D eigenvalue weighted by Crippen LogP contribution is 2.33. The fourth-order valence-corrected chi connectivity index (χ4v) is 2.10. The van der Waals surface area contributed by atoms with E-state index < -0.39 is 5.97 Å². The SMILES string of the molecule is COc1cc(C)ccc1Oc1nc(C)cc(C)c1C(=O)O. The highest BCUT2D eigenvalue weighted by atomic mass is 16.5. The van der Waals surface area contributed by atoms with Crippen LogP contribution in [0.3, 0.4) is 0 Å². The molecule has 2 aromatic rings. The van der Waals surface area contributed by atoms with Crippen LogP contribution in [0, 0.1) is 20.8 Å². The van der Waals surface area contributed by atoms with Crippen molar-refractivity contribution in [3.63, 3.8) is 0 Å². The third-order valence-electron chi connectivity index (χ3n) is 3.05. The van der Waals surface area contributed by atoms with E-state index in [0.717, 1.165) is 5.56 Å². The first kappa shape index (κ1) is 14.8. The number of aryl methyl sites for hydroxylation is 3. The summed E-state index contributed by atoms with van der Waals surface area (Å²) in [7, 11) is 1.54. The molecule has 21 heavy (non-hydrogen) atoms. The average Bonchev–Trinajstić information content (AvgIpc) is 2.39. The molecule has 0 fully saturated rings. The Bertz CT molecular complexity index is 695. The standard InChI is InChI=1S/C16H17NO4/c1-9-5-6-12(13(7-9)20-4)21-15-14(16(18)19)10(2)8-11(3)17-15/h5-8H,1-4H3,(H,18,19). The Morgan fingerprint density at radius 1 is 1.14 bits per heavy atom. The highest BCUT2D eigenvalue weighted by Gasteiger charge is 2.19. The van der Waals surface area contributed by atoms with Crippen LogP contribution in [0.4, 0.5) is 0 Å².